The van der Waals surface area contributed by atoms with E-state index in [0.29, 0.717) is 34.9 Å². The summed E-state index contributed by atoms with van der Waals surface area (Å²) < 4.78 is 43.8. The summed E-state index contributed by atoms with van der Waals surface area (Å²) >= 11 is 6.96. The summed E-state index contributed by atoms with van der Waals surface area (Å²) in [5.41, 5.74) is 1.21. The van der Waals surface area contributed by atoms with Crippen LogP contribution in [0.25, 0.3) is 17.1 Å². The van der Waals surface area contributed by atoms with Gasteiger partial charge < -0.3 is 9.88 Å². The van der Waals surface area contributed by atoms with E-state index in [-0.39, 0.29) is 17.1 Å². The first kappa shape index (κ1) is 29.0. The summed E-state index contributed by atoms with van der Waals surface area (Å²) in [6.45, 7) is 0.603. The standard InChI is InChI=1S/C31H25ClF3N5O2S/c32-23-16-15-20(18-22(23)31(33,34)35)36-28(41)26(19-10-4-1-5-11-19)43-30-37-27-25(24-14-8-3-9-17-39(24)30)29(42)40(38-27)21-12-6-2-7-13-21/h1-2,4-7,10-13,15-16,18,26H,3,8-9,14,17H2,(H,36,41)/t26-/m0/s1. The Morgan fingerprint density at radius 2 is 1.70 bits per heavy atom. The Labute approximate surface area is 254 Å². The van der Waals surface area contributed by atoms with E-state index < -0.39 is 27.9 Å². The summed E-state index contributed by atoms with van der Waals surface area (Å²) in [5, 5.41) is 6.37. The van der Waals surface area contributed by atoms with Gasteiger partial charge in [-0.25, -0.2) is 4.98 Å². The van der Waals surface area contributed by atoms with Crippen LogP contribution in [0.4, 0.5) is 18.9 Å². The molecule has 0 radical (unpaired) electrons. The molecule has 7 nitrogen and oxygen atoms in total. The Morgan fingerprint density at radius 3 is 2.42 bits per heavy atom. The first-order valence-corrected chi connectivity index (χ1v) is 14.9. The van der Waals surface area contributed by atoms with E-state index >= 15 is 0 Å². The molecule has 1 amide bonds. The molecule has 0 saturated heterocycles. The molecule has 0 aromatic heterocycles. The fraction of sp³-hybridized carbons (Fsp3) is 0.226. The van der Waals surface area contributed by atoms with Crippen molar-refractivity contribution in [2.24, 2.45) is 0 Å². The number of carbonyl (C=O) groups excluding carboxylic acids is 1. The van der Waals surface area contributed by atoms with Gasteiger partial charge in [-0.05, 0) is 55.2 Å². The van der Waals surface area contributed by atoms with Crippen molar-refractivity contribution in [3.8, 4) is 17.1 Å². The van der Waals surface area contributed by atoms with Gasteiger partial charge in [0.1, 0.15) is 10.8 Å². The van der Waals surface area contributed by atoms with E-state index in [2.05, 4.69) is 10.4 Å². The molecule has 6 rings (SSSR count). The number of alkyl halides is 3. The molecule has 3 heterocycles. The number of para-hydroxylation sites is 1. The number of aromatic nitrogens is 4. The second kappa shape index (κ2) is 11.9. The quantitative estimate of drug-likeness (QED) is 0.157. The Morgan fingerprint density at radius 1 is 0.977 bits per heavy atom. The van der Waals surface area contributed by atoms with Crippen LogP contribution in [0.15, 0.2) is 88.8 Å². The van der Waals surface area contributed by atoms with Gasteiger partial charge in [0, 0.05) is 17.9 Å². The first-order chi connectivity index (χ1) is 20.7. The second-order valence-corrected chi connectivity index (χ2v) is 11.6. The van der Waals surface area contributed by atoms with Crippen molar-refractivity contribution in [1.82, 2.24) is 19.3 Å². The van der Waals surface area contributed by atoms with E-state index in [4.69, 9.17) is 16.6 Å². The molecular formula is C31H25ClF3N5O2S. The molecule has 0 unspecified atom stereocenters. The number of anilines is 1. The van der Waals surface area contributed by atoms with Gasteiger partial charge in [0.25, 0.3) is 5.56 Å². The third-order valence-corrected chi connectivity index (χ3v) is 8.84. The van der Waals surface area contributed by atoms with Gasteiger partial charge in [-0.2, -0.15) is 17.9 Å². The monoisotopic (exact) mass is 623 g/mol. The number of fused-ring (bicyclic) bond motifs is 3. The van der Waals surface area contributed by atoms with E-state index in [9.17, 15) is 22.8 Å². The van der Waals surface area contributed by atoms with E-state index in [1.165, 1.54) is 22.5 Å². The number of benzene rings is 3. The van der Waals surface area contributed by atoms with Gasteiger partial charge in [-0.15, -0.1) is 5.10 Å². The van der Waals surface area contributed by atoms with Crippen LogP contribution in [-0.2, 0) is 23.9 Å². The predicted octanol–water partition coefficient (Wildman–Crippen LogP) is 7.40. The summed E-state index contributed by atoms with van der Waals surface area (Å²) in [6.07, 6.45) is -1.31. The first-order valence-electron chi connectivity index (χ1n) is 13.7. The molecule has 1 atom stereocenters. The lowest BCUT2D eigenvalue weighted by Gasteiger charge is -2.22. The van der Waals surface area contributed by atoms with E-state index in [1.807, 2.05) is 28.8 Å². The molecule has 43 heavy (non-hydrogen) atoms. The molecule has 3 aromatic rings. The lowest BCUT2D eigenvalue weighted by molar-refractivity contribution is -0.137. The smallest absolute Gasteiger partial charge is 0.325 e. The third-order valence-electron chi connectivity index (χ3n) is 7.27. The third kappa shape index (κ3) is 5.92. The minimum Gasteiger partial charge on any atom is -0.325 e. The summed E-state index contributed by atoms with van der Waals surface area (Å²) in [5.74, 6) is -0.250. The van der Waals surface area contributed by atoms with Crippen LogP contribution in [0.1, 0.15) is 41.3 Å². The average Bonchev–Trinajstić information content (AvgIpc) is 3.15. The summed E-state index contributed by atoms with van der Waals surface area (Å²) in [7, 11) is 0. The van der Waals surface area contributed by atoms with Gasteiger partial charge in [-0.3, -0.25) is 9.59 Å². The normalized spacial score (nSPS) is 14.2. The maximum atomic E-state index is 13.8. The lowest BCUT2D eigenvalue weighted by Crippen LogP contribution is -2.22. The molecular weight excluding hydrogens is 599 g/mol. The van der Waals surface area contributed by atoms with Gasteiger partial charge in [0.05, 0.1) is 16.3 Å². The van der Waals surface area contributed by atoms with Crippen LogP contribution >= 0.6 is 23.4 Å². The number of amides is 1. The Bertz CT molecular complexity index is 1810. The highest BCUT2D eigenvalue weighted by Crippen LogP contribution is 2.40. The molecule has 0 bridgehead atoms. The van der Waals surface area contributed by atoms with Crippen molar-refractivity contribution in [2.75, 3.05) is 5.32 Å². The van der Waals surface area contributed by atoms with Crippen LogP contribution in [0, 0.1) is 0 Å². The molecule has 3 aliphatic heterocycles. The van der Waals surface area contributed by atoms with E-state index in [1.54, 1.807) is 36.4 Å². The molecule has 12 heteroatoms. The largest absolute Gasteiger partial charge is 0.417 e. The molecule has 0 fully saturated rings. The molecule has 3 aliphatic rings. The van der Waals surface area contributed by atoms with Crippen LogP contribution in [0.3, 0.4) is 0 Å². The van der Waals surface area contributed by atoms with Crippen molar-refractivity contribution in [3.05, 3.63) is 111 Å². The van der Waals surface area contributed by atoms with Gasteiger partial charge in [0.15, 0.2) is 11.0 Å². The number of rotatable bonds is 6. The fourth-order valence-corrected chi connectivity index (χ4v) is 6.58. The molecule has 3 aromatic carbocycles. The van der Waals surface area contributed by atoms with Crippen LogP contribution in [-0.4, -0.2) is 25.2 Å². The zero-order chi connectivity index (χ0) is 30.1. The summed E-state index contributed by atoms with van der Waals surface area (Å²) in [6, 6.07) is 21.3. The number of halogens is 4. The SMILES string of the molecule is O=C(Nc1ccc(Cl)c(C(F)(F)F)c1)[C@@H](Sc1nc2nn(-c3ccccc3)c(=O)c-2c2n1CCCCC2)c1ccccc1. The maximum absolute atomic E-state index is 13.8. The van der Waals surface area contributed by atoms with Crippen LogP contribution in [0.2, 0.25) is 5.02 Å². The number of thioether (sulfide) groups is 1. The minimum atomic E-state index is -4.68. The molecule has 1 N–H and O–H groups in total. The van der Waals surface area contributed by atoms with Crippen LogP contribution < -0.4 is 10.9 Å². The minimum absolute atomic E-state index is 0.0317. The van der Waals surface area contributed by atoms with Crippen molar-refractivity contribution < 1.29 is 18.0 Å². The number of nitrogens with one attached hydrogen (secondary N) is 1. The topological polar surface area (TPSA) is 81.8 Å². The predicted molar refractivity (Wildman–Crippen MR) is 160 cm³/mol. The van der Waals surface area contributed by atoms with Crippen molar-refractivity contribution in [3.63, 3.8) is 0 Å². The molecule has 0 saturated carbocycles. The highest BCUT2D eigenvalue weighted by Gasteiger charge is 2.34. The molecule has 0 spiro atoms. The summed E-state index contributed by atoms with van der Waals surface area (Å²) in [4.78, 5) is 32.1. The molecule has 0 aliphatic carbocycles. The van der Waals surface area contributed by atoms with Crippen molar-refractivity contribution in [2.45, 2.75) is 48.8 Å². The zero-order valence-corrected chi connectivity index (χ0v) is 24.2. The fourth-order valence-electron chi connectivity index (χ4n) is 5.22. The average molecular weight is 624 g/mol. The van der Waals surface area contributed by atoms with Crippen molar-refractivity contribution >= 4 is 35.0 Å². The van der Waals surface area contributed by atoms with Crippen molar-refractivity contribution in [1.29, 1.82) is 0 Å². The van der Waals surface area contributed by atoms with Gasteiger partial charge >= 0.3 is 6.18 Å². The molecule has 220 valence electrons. The Balaban J connectivity index is 1.43. The number of carbonyl (C=O) groups is 1. The lowest BCUT2D eigenvalue weighted by atomic mass is 10.1. The highest BCUT2D eigenvalue weighted by atomic mass is 35.5. The number of hydrogen-bond donors (Lipinski definition) is 1. The second-order valence-electron chi connectivity index (χ2n) is 10.1. The zero-order valence-electron chi connectivity index (χ0n) is 22.6. The van der Waals surface area contributed by atoms with Gasteiger partial charge in [0.2, 0.25) is 5.91 Å². The van der Waals surface area contributed by atoms with Gasteiger partial charge in [-0.1, -0.05) is 78.3 Å². The number of nitrogens with zero attached hydrogens (tertiary/aromatic N) is 4. The van der Waals surface area contributed by atoms with E-state index in [0.717, 1.165) is 37.1 Å². The number of hydrogen-bond acceptors (Lipinski definition) is 5. The highest BCUT2D eigenvalue weighted by molar-refractivity contribution is 8.00. The Hall–Kier alpha value is -4.09. The van der Waals surface area contributed by atoms with Crippen LogP contribution in [0.5, 0.6) is 0 Å². The Kier molecular flexibility index (Phi) is 8.02. The maximum Gasteiger partial charge on any atom is 0.417 e.